The van der Waals surface area contributed by atoms with Crippen molar-refractivity contribution in [2.75, 3.05) is 19.0 Å². The Kier molecular flexibility index (Phi) is 5.14. The van der Waals surface area contributed by atoms with Gasteiger partial charge < -0.3 is 14.2 Å². The minimum absolute atomic E-state index is 0.121. The van der Waals surface area contributed by atoms with Crippen molar-refractivity contribution < 1.29 is 19.0 Å². The third kappa shape index (κ3) is 3.94. The molecule has 0 N–H and O–H groups in total. The van der Waals surface area contributed by atoms with Gasteiger partial charge in [0.05, 0.1) is 22.4 Å². The molecule has 0 amide bonds. The zero-order valence-electron chi connectivity index (χ0n) is 12.5. The summed E-state index contributed by atoms with van der Waals surface area (Å²) in [6.07, 6.45) is 0. The Morgan fingerprint density at radius 2 is 2.00 bits per heavy atom. The number of carbonyl (C=O) groups is 1. The molecule has 0 fully saturated rings. The van der Waals surface area contributed by atoms with Crippen molar-refractivity contribution in [1.82, 2.24) is 0 Å². The monoisotopic (exact) mass is 361 g/mol. The highest BCUT2D eigenvalue weighted by atomic mass is 35.5. The van der Waals surface area contributed by atoms with E-state index in [9.17, 15) is 4.79 Å². The van der Waals surface area contributed by atoms with Gasteiger partial charge in [0.1, 0.15) is 19.0 Å². The zero-order chi connectivity index (χ0) is 16.9. The number of nitrogens with zero attached hydrogens (tertiary/aromatic N) is 1. The fourth-order valence-corrected chi connectivity index (χ4v) is 2.98. The molecular formula is C17H12ClNO4S. The Morgan fingerprint density at radius 3 is 2.75 bits per heavy atom. The lowest BCUT2D eigenvalue weighted by Crippen LogP contribution is -2.15. The van der Waals surface area contributed by atoms with Crippen molar-refractivity contribution in [2.24, 2.45) is 0 Å². The fraction of sp³-hybridized carbons (Fsp3) is 0.176. The molecule has 7 heteroatoms. The van der Waals surface area contributed by atoms with Gasteiger partial charge in [0.2, 0.25) is 0 Å². The van der Waals surface area contributed by atoms with E-state index in [1.54, 1.807) is 6.07 Å². The Balaban J connectivity index is 1.59. The van der Waals surface area contributed by atoms with Crippen molar-refractivity contribution in [3.05, 3.63) is 47.0 Å². The first-order chi connectivity index (χ1) is 11.7. The maximum atomic E-state index is 12.0. The van der Waals surface area contributed by atoms with Crippen molar-refractivity contribution in [2.45, 2.75) is 4.90 Å². The number of nitriles is 1. The lowest BCUT2D eigenvalue weighted by molar-refractivity contribution is -0.131. The average molecular weight is 362 g/mol. The van der Waals surface area contributed by atoms with Gasteiger partial charge in [-0.25, -0.2) is 0 Å². The molecule has 5 nitrogen and oxygen atoms in total. The number of thioether (sulfide) groups is 1. The number of benzene rings is 2. The molecule has 0 spiro atoms. The Labute approximate surface area is 148 Å². The van der Waals surface area contributed by atoms with Crippen LogP contribution in [0.5, 0.6) is 17.2 Å². The Morgan fingerprint density at radius 1 is 1.21 bits per heavy atom. The number of ether oxygens (including phenoxy) is 3. The molecule has 122 valence electrons. The van der Waals surface area contributed by atoms with Crippen LogP contribution in [-0.4, -0.2) is 24.9 Å². The van der Waals surface area contributed by atoms with Crippen LogP contribution in [0.25, 0.3) is 0 Å². The molecule has 1 heterocycles. The third-order valence-corrected chi connectivity index (χ3v) is 4.42. The summed E-state index contributed by atoms with van der Waals surface area (Å²) in [6, 6.07) is 12.0. The van der Waals surface area contributed by atoms with Gasteiger partial charge >= 0.3 is 5.97 Å². The van der Waals surface area contributed by atoms with Crippen molar-refractivity contribution in [3.63, 3.8) is 0 Å². The van der Waals surface area contributed by atoms with E-state index in [2.05, 4.69) is 0 Å². The summed E-state index contributed by atoms with van der Waals surface area (Å²) in [5, 5.41) is 9.02. The predicted molar refractivity (Wildman–Crippen MR) is 90.0 cm³/mol. The van der Waals surface area contributed by atoms with E-state index in [0.717, 1.165) is 4.90 Å². The molecule has 24 heavy (non-hydrogen) atoms. The first kappa shape index (κ1) is 16.5. The number of hydrogen-bond acceptors (Lipinski definition) is 6. The number of hydrogen-bond donors (Lipinski definition) is 0. The molecule has 1 aliphatic rings. The van der Waals surface area contributed by atoms with Crippen LogP contribution in [0.3, 0.4) is 0 Å². The average Bonchev–Trinajstić information content (AvgIpc) is 2.61. The minimum atomic E-state index is -0.429. The first-order valence-corrected chi connectivity index (χ1v) is 8.45. The minimum Gasteiger partial charge on any atom is -0.486 e. The van der Waals surface area contributed by atoms with Crippen LogP contribution in [0.4, 0.5) is 0 Å². The summed E-state index contributed by atoms with van der Waals surface area (Å²) < 4.78 is 16.2. The molecule has 0 saturated carbocycles. The molecule has 0 bridgehead atoms. The maximum absolute atomic E-state index is 12.0. The topological polar surface area (TPSA) is 68.5 Å². The van der Waals surface area contributed by atoms with Crippen LogP contribution in [0.1, 0.15) is 5.56 Å². The molecule has 2 aromatic rings. The molecule has 2 aromatic carbocycles. The van der Waals surface area contributed by atoms with Crippen LogP contribution in [0.15, 0.2) is 41.3 Å². The van der Waals surface area contributed by atoms with E-state index in [1.807, 2.05) is 24.3 Å². The van der Waals surface area contributed by atoms with E-state index in [1.165, 1.54) is 23.9 Å². The molecule has 0 aliphatic carbocycles. The van der Waals surface area contributed by atoms with Crippen LogP contribution >= 0.6 is 23.4 Å². The van der Waals surface area contributed by atoms with Gasteiger partial charge in [-0.1, -0.05) is 11.6 Å². The van der Waals surface area contributed by atoms with Gasteiger partial charge in [0.25, 0.3) is 0 Å². The predicted octanol–water partition coefficient (Wildman–Crippen LogP) is 3.68. The second-order valence-electron chi connectivity index (χ2n) is 4.83. The Bertz CT molecular complexity index is 819. The molecule has 0 atom stereocenters. The molecule has 3 rings (SSSR count). The maximum Gasteiger partial charge on any atom is 0.321 e. The fourth-order valence-electron chi connectivity index (χ4n) is 2.06. The van der Waals surface area contributed by atoms with Crippen LogP contribution < -0.4 is 14.2 Å². The van der Waals surface area contributed by atoms with Gasteiger partial charge in [0, 0.05) is 4.90 Å². The van der Waals surface area contributed by atoms with Gasteiger partial charge in [-0.3, -0.25) is 4.79 Å². The van der Waals surface area contributed by atoms with Crippen molar-refractivity contribution >= 4 is 29.3 Å². The highest BCUT2D eigenvalue weighted by Gasteiger charge is 2.14. The van der Waals surface area contributed by atoms with Crippen molar-refractivity contribution in [3.8, 4) is 23.3 Å². The van der Waals surface area contributed by atoms with Crippen LogP contribution in [-0.2, 0) is 4.79 Å². The summed E-state index contributed by atoms with van der Waals surface area (Å²) in [4.78, 5) is 12.8. The standard InChI is InChI=1S/C17H12ClNO4S/c18-13-7-11(9-19)1-3-14(13)23-17(20)10-24-12-2-4-15-16(8-12)22-6-5-21-15/h1-4,7-8H,5-6,10H2. The van der Waals surface area contributed by atoms with E-state index in [0.29, 0.717) is 30.3 Å². The van der Waals surface area contributed by atoms with E-state index in [-0.39, 0.29) is 16.5 Å². The molecule has 0 radical (unpaired) electrons. The molecular weight excluding hydrogens is 350 g/mol. The van der Waals surface area contributed by atoms with Gasteiger partial charge in [-0.05, 0) is 36.4 Å². The smallest absolute Gasteiger partial charge is 0.321 e. The first-order valence-electron chi connectivity index (χ1n) is 7.08. The SMILES string of the molecule is N#Cc1ccc(OC(=O)CSc2ccc3c(c2)OCCO3)c(Cl)c1. The highest BCUT2D eigenvalue weighted by Crippen LogP contribution is 2.34. The summed E-state index contributed by atoms with van der Waals surface area (Å²) in [5.74, 6) is 1.31. The number of rotatable bonds is 4. The largest absolute Gasteiger partial charge is 0.486 e. The quantitative estimate of drug-likeness (QED) is 0.470. The molecule has 0 saturated heterocycles. The summed E-state index contributed by atoms with van der Waals surface area (Å²) in [6.45, 7) is 1.05. The summed E-state index contributed by atoms with van der Waals surface area (Å²) in [7, 11) is 0. The van der Waals surface area contributed by atoms with E-state index in [4.69, 9.17) is 31.1 Å². The van der Waals surface area contributed by atoms with Gasteiger partial charge in [-0.15, -0.1) is 11.8 Å². The van der Waals surface area contributed by atoms with E-state index >= 15 is 0 Å². The normalized spacial score (nSPS) is 12.3. The van der Waals surface area contributed by atoms with Crippen molar-refractivity contribution in [1.29, 1.82) is 5.26 Å². The highest BCUT2D eigenvalue weighted by molar-refractivity contribution is 8.00. The number of esters is 1. The Hall–Kier alpha value is -2.36. The zero-order valence-corrected chi connectivity index (χ0v) is 14.0. The lowest BCUT2D eigenvalue weighted by Gasteiger charge is -2.18. The molecule has 1 aliphatic heterocycles. The van der Waals surface area contributed by atoms with Crippen LogP contribution in [0.2, 0.25) is 5.02 Å². The summed E-state index contributed by atoms with van der Waals surface area (Å²) in [5.41, 5.74) is 0.408. The third-order valence-electron chi connectivity index (χ3n) is 3.16. The second-order valence-corrected chi connectivity index (χ2v) is 6.28. The summed E-state index contributed by atoms with van der Waals surface area (Å²) >= 11 is 7.31. The number of fused-ring (bicyclic) bond motifs is 1. The van der Waals surface area contributed by atoms with Crippen LogP contribution in [0, 0.1) is 11.3 Å². The second kappa shape index (κ2) is 7.47. The van der Waals surface area contributed by atoms with Gasteiger partial charge in [-0.2, -0.15) is 5.26 Å². The molecule has 0 aromatic heterocycles. The number of carbonyl (C=O) groups excluding carboxylic acids is 1. The molecule has 0 unspecified atom stereocenters. The number of halogens is 1. The van der Waals surface area contributed by atoms with E-state index < -0.39 is 5.97 Å². The lowest BCUT2D eigenvalue weighted by atomic mass is 10.2. The van der Waals surface area contributed by atoms with Gasteiger partial charge in [0.15, 0.2) is 11.5 Å².